The molecule has 0 bridgehead atoms. The van der Waals surface area contributed by atoms with Crippen LogP contribution in [-0.2, 0) is 27.6 Å². The summed E-state index contributed by atoms with van der Waals surface area (Å²) in [6.07, 6.45) is 2.62. The number of fused-ring (bicyclic) bond motifs is 1. The molecule has 0 saturated carbocycles. The van der Waals surface area contributed by atoms with Crippen molar-refractivity contribution in [3.05, 3.63) is 21.9 Å². The van der Waals surface area contributed by atoms with Crippen molar-refractivity contribution in [1.29, 1.82) is 0 Å². The number of hydrogen-bond acceptors (Lipinski definition) is 5. The Morgan fingerprint density at radius 3 is 2.92 bits per heavy atom. The molecule has 1 aromatic heterocycles. The highest BCUT2D eigenvalue weighted by molar-refractivity contribution is 7.90. The average Bonchev–Trinajstić information content (AvgIpc) is 3.03. The van der Waals surface area contributed by atoms with Gasteiger partial charge in [-0.15, -0.1) is 11.3 Å². The van der Waals surface area contributed by atoms with E-state index in [4.69, 9.17) is 0 Å². The molecule has 0 fully saturated rings. The predicted molar refractivity (Wildman–Crippen MR) is 102 cm³/mol. The zero-order valence-corrected chi connectivity index (χ0v) is 16.5. The second-order valence-corrected chi connectivity index (χ2v) is 9.58. The van der Waals surface area contributed by atoms with E-state index in [0.717, 1.165) is 13.0 Å². The van der Waals surface area contributed by atoms with Gasteiger partial charge in [0, 0.05) is 37.3 Å². The van der Waals surface area contributed by atoms with Gasteiger partial charge in [0.25, 0.3) is 0 Å². The third-order valence-corrected chi connectivity index (χ3v) is 6.10. The zero-order valence-electron chi connectivity index (χ0n) is 14.9. The number of thiophene rings is 1. The lowest BCUT2D eigenvalue weighted by Crippen LogP contribution is -2.48. The minimum Gasteiger partial charge on any atom is -0.354 e. The second-order valence-electron chi connectivity index (χ2n) is 6.32. The van der Waals surface area contributed by atoms with Crippen molar-refractivity contribution in [3.8, 4) is 0 Å². The molecule has 1 amide bonds. The third-order valence-electron chi connectivity index (χ3n) is 4.10. The molecule has 25 heavy (non-hydrogen) atoms. The Kier molecular flexibility index (Phi) is 6.83. The summed E-state index contributed by atoms with van der Waals surface area (Å²) < 4.78 is 22.5. The van der Waals surface area contributed by atoms with E-state index in [1.165, 1.54) is 16.7 Å². The topological polar surface area (TPSA) is 90.9 Å². The lowest BCUT2D eigenvalue weighted by molar-refractivity contribution is -0.130. The van der Waals surface area contributed by atoms with E-state index in [0.29, 0.717) is 18.9 Å². The molecule has 9 heteroatoms. The van der Waals surface area contributed by atoms with Crippen molar-refractivity contribution >= 4 is 33.0 Å². The van der Waals surface area contributed by atoms with Crippen LogP contribution in [0.3, 0.4) is 0 Å². The minimum atomic E-state index is -2.98. The van der Waals surface area contributed by atoms with Crippen molar-refractivity contribution < 1.29 is 13.2 Å². The Hall–Kier alpha value is -1.61. The number of nitrogens with one attached hydrogen (secondary N) is 2. The van der Waals surface area contributed by atoms with Gasteiger partial charge in [-0.05, 0) is 36.8 Å². The number of aliphatic imine (C=N–C) groups is 1. The number of carbonyl (C=O) groups is 1. The van der Waals surface area contributed by atoms with Gasteiger partial charge in [-0.2, -0.15) is 0 Å². The van der Waals surface area contributed by atoms with E-state index < -0.39 is 9.84 Å². The first-order valence-electron chi connectivity index (χ1n) is 8.26. The van der Waals surface area contributed by atoms with E-state index in [9.17, 15) is 13.2 Å². The Bertz CT molecular complexity index is 727. The normalized spacial score (nSPS) is 16.3. The summed E-state index contributed by atoms with van der Waals surface area (Å²) in [4.78, 5) is 19.7. The van der Waals surface area contributed by atoms with E-state index in [-0.39, 0.29) is 24.2 Å². The summed E-state index contributed by atoms with van der Waals surface area (Å²) in [7, 11) is -1.36. The lowest BCUT2D eigenvalue weighted by Gasteiger charge is -2.27. The van der Waals surface area contributed by atoms with Crippen LogP contribution < -0.4 is 10.6 Å². The molecule has 0 saturated heterocycles. The first kappa shape index (κ1) is 19.7. The van der Waals surface area contributed by atoms with Crippen molar-refractivity contribution in [1.82, 2.24) is 15.5 Å². The van der Waals surface area contributed by atoms with Crippen LogP contribution in [0.2, 0.25) is 0 Å². The minimum absolute atomic E-state index is 0.0311. The van der Waals surface area contributed by atoms with Gasteiger partial charge in [-0.25, -0.2) is 8.42 Å². The fourth-order valence-electron chi connectivity index (χ4n) is 2.62. The number of guanidine groups is 1. The van der Waals surface area contributed by atoms with Crippen LogP contribution in [0.5, 0.6) is 0 Å². The predicted octanol–water partition coefficient (Wildman–Crippen LogP) is 0.621. The highest BCUT2D eigenvalue weighted by atomic mass is 32.2. The molecule has 0 aromatic carbocycles. The molecule has 1 aliphatic rings. The summed E-state index contributed by atoms with van der Waals surface area (Å²) in [5.74, 6) is 0.652. The lowest BCUT2D eigenvalue weighted by atomic mass is 10.1. The number of nitrogens with zero attached hydrogens (tertiary/aromatic N) is 2. The van der Waals surface area contributed by atoms with Crippen LogP contribution in [0.15, 0.2) is 16.4 Å². The van der Waals surface area contributed by atoms with Gasteiger partial charge < -0.3 is 15.5 Å². The van der Waals surface area contributed by atoms with Gasteiger partial charge in [0.15, 0.2) is 5.96 Å². The molecular formula is C16H26N4O3S2. The number of sulfone groups is 1. The summed E-state index contributed by atoms with van der Waals surface area (Å²) in [5.41, 5.74) is 1.24. The van der Waals surface area contributed by atoms with Crippen LogP contribution in [0.4, 0.5) is 0 Å². The van der Waals surface area contributed by atoms with Gasteiger partial charge in [-0.3, -0.25) is 9.79 Å². The standard InChI is InChI=1S/C16H26N4O3S2/c1-12(6-9-25(3,22)23)19-16(17-2)18-10-15(21)20-7-4-14-13(11-20)5-8-24-14/h5,8,12H,4,6-7,9-11H2,1-3H3,(H2,17,18,19). The Labute approximate surface area is 153 Å². The van der Waals surface area contributed by atoms with Crippen LogP contribution >= 0.6 is 11.3 Å². The molecule has 140 valence electrons. The second kappa shape index (κ2) is 8.66. The maximum absolute atomic E-state index is 12.4. The smallest absolute Gasteiger partial charge is 0.242 e. The van der Waals surface area contributed by atoms with Gasteiger partial charge in [0.1, 0.15) is 9.84 Å². The maximum atomic E-state index is 12.4. The molecule has 2 rings (SSSR count). The van der Waals surface area contributed by atoms with Gasteiger partial charge in [0.05, 0.1) is 12.3 Å². The van der Waals surface area contributed by atoms with E-state index in [1.54, 1.807) is 18.4 Å². The molecule has 2 N–H and O–H groups in total. The molecule has 1 aliphatic heterocycles. The molecule has 2 heterocycles. The number of rotatable bonds is 6. The van der Waals surface area contributed by atoms with E-state index in [2.05, 4.69) is 27.1 Å². The number of amides is 1. The van der Waals surface area contributed by atoms with Crippen LogP contribution in [0, 0.1) is 0 Å². The Morgan fingerprint density at radius 2 is 2.24 bits per heavy atom. The maximum Gasteiger partial charge on any atom is 0.242 e. The highest BCUT2D eigenvalue weighted by Crippen LogP contribution is 2.23. The molecule has 7 nitrogen and oxygen atoms in total. The largest absolute Gasteiger partial charge is 0.354 e. The molecule has 1 atom stereocenters. The first-order valence-corrected chi connectivity index (χ1v) is 11.2. The van der Waals surface area contributed by atoms with Gasteiger partial charge in [-0.1, -0.05) is 0 Å². The molecule has 0 radical (unpaired) electrons. The molecular weight excluding hydrogens is 360 g/mol. The van der Waals surface area contributed by atoms with Crippen molar-refractivity contribution in [3.63, 3.8) is 0 Å². The van der Waals surface area contributed by atoms with Crippen LogP contribution in [0.25, 0.3) is 0 Å². The fourth-order valence-corrected chi connectivity index (χ4v) is 4.29. The van der Waals surface area contributed by atoms with Crippen molar-refractivity contribution in [2.75, 3.05) is 32.1 Å². The molecule has 1 aromatic rings. The van der Waals surface area contributed by atoms with E-state index in [1.807, 2.05) is 11.8 Å². The van der Waals surface area contributed by atoms with Crippen molar-refractivity contribution in [2.45, 2.75) is 32.4 Å². The fraction of sp³-hybridized carbons (Fsp3) is 0.625. The summed E-state index contributed by atoms with van der Waals surface area (Å²) >= 11 is 1.75. The van der Waals surface area contributed by atoms with Gasteiger partial charge >= 0.3 is 0 Å². The quantitative estimate of drug-likeness (QED) is 0.553. The molecule has 0 spiro atoms. The summed E-state index contributed by atoms with van der Waals surface area (Å²) in [6, 6.07) is 2.02. The van der Waals surface area contributed by atoms with Crippen molar-refractivity contribution in [2.24, 2.45) is 4.99 Å². The van der Waals surface area contributed by atoms with Gasteiger partial charge in [0.2, 0.25) is 5.91 Å². The average molecular weight is 387 g/mol. The zero-order chi connectivity index (χ0) is 18.4. The third kappa shape index (κ3) is 6.32. The van der Waals surface area contributed by atoms with Crippen LogP contribution in [0.1, 0.15) is 23.8 Å². The van der Waals surface area contributed by atoms with Crippen LogP contribution in [-0.4, -0.2) is 63.4 Å². The number of hydrogen-bond donors (Lipinski definition) is 2. The molecule has 1 unspecified atom stereocenters. The SMILES string of the molecule is CN=C(NCC(=O)N1CCc2sccc2C1)NC(C)CCS(C)(=O)=O. The summed E-state index contributed by atoms with van der Waals surface area (Å²) in [5, 5.41) is 8.20. The summed E-state index contributed by atoms with van der Waals surface area (Å²) in [6.45, 7) is 3.46. The Morgan fingerprint density at radius 1 is 1.48 bits per heavy atom. The monoisotopic (exact) mass is 386 g/mol. The highest BCUT2D eigenvalue weighted by Gasteiger charge is 2.21. The molecule has 0 aliphatic carbocycles. The van der Waals surface area contributed by atoms with E-state index >= 15 is 0 Å². The Balaban J connectivity index is 1.77. The number of carbonyl (C=O) groups excluding carboxylic acids is 1. The first-order chi connectivity index (χ1) is 11.8.